The van der Waals surface area contributed by atoms with Gasteiger partial charge in [-0.1, -0.05) is 69.0 Å². The zero-order chi connectivity index (χ0) is 28.0. The minimum absolute atomic E-state index is 0.0188. The van der Waals surface area contributed by atoms with Crippen molar-refractivity contribution in [3.63, 3.8) is 0 Å². The van der Waals surface area contributed by atoms with Crippen LogP contribution < -0.4 is 9.62 Å². The number of carbonyl (C=O) groups excluding carboxylic acids is 2. The molecule has 0 aliphatic heterocycles. The SMILES string of the molecule is CCNC(=O)C(C)N(Cc1ccc(Cl)c(Cl)c1)C(=O)CN(c1cccc(Br)c1)S(=O)(=O)c1ccc(C)cc1. The van der Waals surface area contributed by atoms with Crippen LogP contribution in [-0.2, 0) is 26.2 Å². The number of nitrogens with zero attached hydrogens (tertiary/aromatic N) is 2. The minimum atomic E-state index is -4.13. The third-order valence-corrected chi connectivity index (χ3v) is 8.86. The molecular formula is C27H28BrCl2N3O4S. The van der Waals surface area contributed by atoms with E-state index < -0.39 is 28.5 Å². The van der Waals surface area contributed by atoms with Crippen LogP contribution in [0.15, 0.2) is 76.1 Å². The summed E-state index contributed by atoms with van der Waals surface area (Å²) in [6.07, 6.45) is 0. The van der Waals surface area contributed by atoms with Gasteiger partial charge in [0, 0.05) is 17.6 Å². The molecule has 0 radical (unpaired) electrons. The van der Waals surface area contributed by atoms with E-state index in [1.54, 1.807) is 68.4 Å². The summed E-state index contributed by atoms with van der Waals surface area (Å²) in [7, 11) is -4.13. The molecule has 0 aromatic heterocycles. The van der Waals surface area contributed by atoms with Crippen molar-refractivity contribution in [3.05, 3.63) is 92.4 Å². The second-order valence-electron chi connectivity index (χ2n) is 8.65. The number of nitrogens with one attached hydrogen (secondary N) is 1. The van der Waals surface area contributed by atoms with E-state index in [1.165, 1.54) is 17.0 Å². The van der Waals surface area contributed by atoms with Gasteiger partial charge in [-0.2, -0.15) is 0 Å². The molecule has 1 unspecified atom stereocenters. The molecule has 1 atom stereocenters. The highest BCUT2D eigenvalue weighted by molar-refractivity contribution is 9.10. The minimum Gasteiger partial charge on any atom is -0.355 e. The molecule has 0 saturated heterocycles. The molecule has 0 spiro atoms. The van der Waals surface area contributed by atoms with Crippen LogP contribution in [0, 0.1) is 6.92 Å². The lowest BCUT2D eigenvalue weighted by Gasteiger charge is -2.32. The number of benzene rings is 3. The molecule has 202 valence electrons. The fourth-order valence-corrected chi connectivity index (χ4v) is 5.85. The van der Waals surface area contributed by atoms with Crippen LogP contribution in [0.25, 0.3) is 0 Å². The second-order valence-corrected chi connectivity index (χ2v) is 12.2. The largest absolute Gasteiger partial charge is 0.355 e. The third kappa shape index (κ3) is 7.28. The highest BCUT2D eigenvalue weighted by Gasteiger charge is 2.32. The molecule has 7 nitrogen and oxygen atoms in total. The molecule has 2 amide bonds. The number of halogens is 3. The maximum Gasteiger partial charge on any atom is 0.264 e. The first-order chi connectivity index (χ1) is 17.9. The monoisotopic (exact) mass is 639 g/mol. The van der Waals surface area contributed by atoms with E-state index in [4.69, 9.17) is 23.2 Å². The molecular weight excluding hydrogens is 613 g/mol. The lowest BCUT2D eigenvalue weighted by atomic mass is 10.1. The Kier molecular flexibility index (Phi) is 10.2. The van der Waals surface area contributed by atoms with Crippen molar-refractivity contribution in [2.45, 2.75) is 38.3 Å². The Morgan fingerprint density at radius 2 is 1.68 bits per heavy atom. The van der Waals surface area contributed by atoms with Crippen LogP contribution in [-0.4, -0.2) is 44.3 Å². The lowest BCUT2D eigenvalue weighted by Crippen LogP contribution is -2.51. The van der Waals surface area contributed by atoms with Gasteiger partial charge < -0.3 is 10.2 Å². The summed E-state index contributed by atoms with van der Waals surface area (Å²) in [5.74, 6) is -0.929. The Balaban J connectivity index is 2.04. The summed E-state index contributed by atoms with van der Waals surface area (Å²) >= 11 is 15.6. The number of amides is 2. The highest BCUT2D eigenvalue weighted by Crippen LogP contribution is 2.28. The fraction of sp³-hybridized carbons (Fsp3) is 0.259. The van der Waals surface area contributed by atoms with Crippen molar-refractivity contribution < 1.29 is 18.0 Å². The van der Waals surface area contributed by atoms with Crippen LogP contribution in [0.1, 0.15) is 25.0 Å². The molecule has 3 aromatic carbocycles. The van der Waals surface area contributed by atoms with Gasteiger partial charge in [0.05, 0.1) is 20.6 Å². The number of aryl methyl sites for hydroxylation is 1. The molecule has 0 heterocycles. The van der Waals surface area contributed by atoms with E-state index in [-0.39, 0.29) is 17.3 Å². The molecule has 3 aromatic rings. The number of likely N-dealkylation sites (N-methyl/N-ethyl adjacent to an activating group) is 1. The summed E-state index contributed by atoms with van der Waals surface area (Å²) in [6, 6.07) is 17.1. The lowest BCUT2D eigenvalue weighted by molar-refractivity contribution is -0.139. The van der Waals surface area contributed by atoms with Gasteiger partial charge in [0.1, 0.15) is 12.6 Å². The van der Waals surface area contributed by atoms with Crippen molar-refractivity contribution in [2.24, 2.45) is 0 Å². The molecule has 0 aliphatic rings. The molecule has 11 heteroatoms. The maximum absolute atomic E-state index is 13.8. The molecule has 0 bridgehead atoms. The van der Waals surface area contributed by atoms with Gasteiger partial charge in [-0.15, -0.1) is 0 Å². The van der Waals surface area contributed by atoms with Gasteiger partial charge in [-0.05, 0) is 68.8 Å². The normalized spacial score (nSPS) is 12.1. The predicted molar refractivity (Wildman–Crippen MR) is 155 cm³/mol. The average Bonchev–Trinajstić information content (AvgIpc) is 2.87. The first kappa shape index (κ1) is 30.0. The standard InChI is InChI=1S/C27H28BrCl2N3O4S/c1-4-31-27(35)19(3)32(16-20-10-13-24(29)25(30)14-20)26(34)17-33(22-7-5-6-21(28)15-22)38(36,37)23-11-8-18(2)9-12-23/h5-15,19H,4,16-17H2,1-3H3,(H,31,35). The number of sulfonamides is 1. The maximum atomic E-state index is 13.8. The summed E-state index contributed by atoms with van der Waals surface area (Å²) in [4.78, 5) is 28.0. The van der Waals surface area contributed by atoms with E-state index in [2.05, 4.69) is 21.2 Å². The van der Waals surface area contributed by atoms with Crippen molar-refractivity contribution in [1.29, 1.82) is 0 Å². The summed E-state index contributed by atoms with van der Waals surface area (Å²) in [6.45, 7) is 5.10. The van der Waals surface area contributed by atoms with Crippen LogP contribution in [0.4, 0.5) is 5.69 Å². The van der Waals surface area contributed by atoms with E-state index in [9.17, 15) is 18.0 Å². The zero-order valence-corrected chi connectivity index (χ0v) is 25.0. The molecule has 38 heavy (non-hydrogen) atoms. The van der Waals surface area contributed by atoms with Crippen LogP contribution in [0.2, 0.25) is 10.0 Å². The van der Waals surface area contributed by atoms with Gasteiger partial charge in [0.15, 0.2) is 0 Å². The van der Waals surface area contributed by atoms with E-state index >= 15 is 0 Å². The molecule has 0 aliphatic carbocycles. The van der Waals surface area contributed by atoms with E-state index in [1.807, 2.05) is 6.92 Å². The first-order valence-corrected chi connectivity index (χ1v) is 14.8. The zero-order valence-electron chi connectivity index (χ0n) is 21.1. The average molecular weight is 641 g/mol. The smallest absolute Gasteiger partial charge is 0.264 e. The molecule has 0 fully saturated rings. The van der Waals surface area contributed by atoms with Crippen LogP contribution in [0.5, 0.6) is 0 Å². The Hall–Kier alpha value is -2.59. The van der Waals surface area contributed by atoms with Gasteiger partial charge in [0.25, 0.3) is 10.0 Å². The van der Waals surface area contributed by atoms with Gasteiger partial charge in [0.2, 0.25) is 11.8 Å². The van der Waals surface area contributed by atoms with Crippen molar-refractivity contribution in [1.82, 2.24) is 10.2 Å². The van der Waals surface area contributed by atoms with Crippen LogP contribution >= 0.6 is 39.1 Å². The summed E-state index contributed by atoms with van der Waals surface area (Å²) < 4.78 is 29.3. The van der Waals surface area contributed by atoms with Crippen LogP contribution in [0.3, 0.4) is 0 Å². The van der Waals surface area contributed by atoms with E-state index in [0.29, 0.717) is 32.3 Å². The Labute approximate surface area is 241 Å². The van der Waals surface area contributed by atoms with Gasteiger partial charge in [-0.25, -0.2) is 8.42 Å². The van der Waals surface area contributed by atoms with Crippen molar-refractivity contribution in [2.75, 3.05) is 17.4 Å². The Morgan fingerprint density at radius 1 is 1.00 bits per heavy atom. The Bertz CT molecular complexity index is 1420. The number of anilines is 1. The predicted octanol–water partition coefficient (Wildman–Crippen LogP) is 5.81. The third-order valence-electron chi connectivity index (χ3n) is 5.84. The topological polar surface area (TPSA) is 86.8 Å². The quantitative estimate of drug-likeness (QED) is 0.303. The number of hydrogen-bond donors (Lipinski definition) is 1. The number of rotatable bonds is 10. The molecule has 3 rings (SSSR count). The summed E-state index contributed by atoms with van der Waals surface area (Å²) in [5.41, 5.74) is 1.84. The first-order valence-electron chi connectivity index (χ1n) is 11.8. The van der Waals surface area contributed by atoms with Gasteiger partial charge >= 0.3 is 0 Å². The molecule has 0 saturated carbocycles. The number of carbonyl (C=O) groups is 2. The van der Waals surface area contributed by atoms with E-state index in [0.717, 1.165) is 9.87 Å². The Morgan fingerprint density at radius 3 is 2.29 bits per heavy atom. The summed E-state index contributed by atoms with van der Waals surface area (Å²) in [5, 5.41) is 3.38. The second kappa shape index (κ2) is 13.0. The van der Waals surface area contributed by atoms with Gasteiger partial charge in [-0.3, -0.25) is 13.9 Å². The fourth-order valence-electron chi connectivity index (χ4n) is 3.74. The van der Waals surface area contributed by atoms with Crippen molar-refractivity contribution >= 4 is 66.7 Å². The molecule has 1 N–H and O–H groups in total. The highest BCUT2D eigenvalue weighted by atomic mass is 79.9. The van der Waals surface area contributed by atoms with Crippen molar-refractivity contribution in [3.8, 4) is 0 Å². The number of hydrogen-bond acceptors (Lipinski definition) is 4.